The van der Waals surface area contributed by atoms with Crippen molar-refractivity contribution in [3.8, 4) is 0 Å². The summed E-state index contributed by atoms with van der Waals surface area (Å²) in [5, 5.41) is 0.605. The summed E-state index contributed by atoms with van der Waals surface area (Å²) in [7, 11) is 1.90. The largest absolute Gasteiger partial charge is 0.341 e. The Morgan fingerprint density at radius 1 is 1.15 bits per heavy atom. The fourth-order valence-electron chi connectivity index (χ4n) is 2.09. The Labute approximate surface area is 115 Å². The number of anilines is 1. The Kier molecular flexibility index (Phi) is 3.16. The van der Waals surface area contributed by atoms with E-state index in [1.807, 2.05) is 42.3 Å². The lowest BCUT2D eigenvalue weighted by atomic mass is 10.2. The molecule has 0 amide bonds. The third-order valence-electron chi connectivity index (χ3n) is 3.13. The van der Waals surface area contributed by atoms with Crippen molar-refractivity contribution in [3.05, 3.63) is 64.7 Å². The molecule has 2 aromatic heterocycles. The van der Waals surface area contributed by atoms with Crippen molar-refractivity contribution in [1.82, 2.24) is 15.0 Å². The molecule has 0 unspecified atom stereocenters. The lowest BCUT2D eigenvalue weighted by Crippen LogP contribution is -2.22. The van der Waals surface area contributed by atoms with E-state index in [1.54, 1.807) is 18.5 Å². The molecule has 0 radical (unpaired) electrons. The fraction of sp³-hybridized carbons (Fsp3) is 0.133. The first-order valence-electron chi connectivity index (χ1n) is 6.33. The van der Waals surface area contributed by atoms with Gasteiger partial charge in [0.1, 0.15) is 0 Å². The van der Waals surface area contributed by atoms with Crippen molar-refractivity contribution >= 4 is 16.9 Å². The van der Waals surface area contributed by atoms with Gasteiger partial charge in [-0.05, 0) is 29.8 Å². The van der Waals surface area contributed by atoms with E-state index >= 15 is 0 Å². The summed E-state index contributed by atoms with van der Waals surface area (Å²) in [6, 6.07) is 11.2. The third-order valence-corrected chi connectivity index (χ3v) is 3.13. The molecular weight excluding hydrogens is 252 g/mol. The Hall–Kier alpha value is -2.69. The van der Waals surface area contributed by atoms with Gasteiger partial charge in [-0.15, -0.1) is 0 Å². The van der Waals surface area contributed by atoms with Crippen LogP contribution in [0.25, 0.3) is 10.9 Å². The smallest absolute Gasteiger partial charge is 0.260 e. The van der Waals surface area contributed by atoms with Gasteiger partial charge in [-0.2, -0.15) is 0 Å². The number of pyridine rings is 1. The van der Waals surface area contributed by atoms with Gasteiger partial charge < -0.3 is 4.90 Å². The van der Waals surface area contributed by atoms with E-state index in [-0.39, 0.29) is 5.56 Å². The predicted molar refractivity (Wildman–Crippen MR) is 78.7 cm³/mol. The number of benzene rings is 1. The van der Waals surface area contributed by atoms with Crippen LogP contribution in [-0.4, -0.2) is 22.0 Å². The van der Waals surface area contributed by atoms with Gasteiger partial charge in [0.25, 0.3) is 5.56 Å². The van der Waals surface area contributed by atoms with Gasteiger partial charge in [0.05, 0.1) is 10.9 Å². The number of aromatic nitrogens is 3. The van der Waals surface area contributed by atoms with Crippen LogP contribution in [0.15, 0.2) is 53.6 Å². The molecule has 0 saturated heterocycles. The molecule has 0 aliphatic rings. The molecule has 3 rings (SSSR count). The van der Waals surface area contributed by atoms with Gasteiger partial charge in [-0.1, -0.05) is 12.1 Å². The zero-order valence-electron chi connectivity index (χ0n) is 11.1. The number of nitrogens with one attached hydrogen (secondary N) is 1. The van der Waals surface area contributed by atoms with Gasteiger partial charge in [0.15, 0.2) is 0 Å². The van der Waals surface area contributed by atoms with Crippen molar-refractivity contribution in [2.24, 2.45) is 0 Å². The molecule has 100 valence electrons. The Morgan fingerprint density at radius 2 is 1.90 bits per heavy atom. The second kappa shape index (κ2) is 5.13. The molecule has 3 aromatic rings. The van der Waals surface area contributed by atoms with Crippen LogP contribution in [0.2, 0.25) is 0 Å². The lowest BCUT2D eigenvalue weighted by molar-refractivity contribution is 0.866. The number of para-hydroxylation sites is 1. The summed E-state index contributed by atoms with van der Waals surface area (Å²) < 4.78 is 0. The van der Waals surface area contributed by atoms with E-state index in [0.717, 1.165) is 5.56 Å². The maximum atomic E-state index is 12.0. The van der Waals surface area contributed by atoms with Crippen LogP contribution >= 0.6 is 0 Å². The third kappa shape index (κ3) is 2.38. The van der Waals surface area contributed by atoms with Crippen molar-refractivity contribution in [1.29, 1.82) is 0 Å². The van der Waals surface area contributed by atoms with E-state index in [9.17, 15) is 4.79 Å². The number of fused-ring (bicyclic) bond motifs is 1. The zero-order chi connectivity index (χ0) is 13.9. The van der Waals surface area contributed by atoms with Crippen LogP contribution in [0.5, 0.6) is 0 Å². The quantitative estimate of drug-likeness (QED) is 0.787. The van der Waals surface area contributed by atoms with Gasteiger partial charge in [-0.3, -0.25) is 14.8 Å². The number of nitrogens with zero attached hydrogens (tertiary/aromatic N) is 3. The number of aromatic amines is 1. The first kappa shape index (κ1) is 12.3. The monoisotopic (exact) mass is 266 g/mol. The highest BCUT2D eigenvalue weighted by molar-refractivity contribution is 5.78. The van der Waals surface area contributed by atoms with E-state index in [0.29, 0.717) is 23.4 Å². The number of hydrogen-bond acceptors (Lipinski definition) is 4. The topological polar surface area (TPSA) is 61.9 Å². The first-order chi connectivity index (χ1) is 9.74. The van der Waals surface area contributed by atoms with Crippen LogP contribution in [0.1, 0.15) is 5.56 Å². The minimum Gasteiger partial charge on any atom is -0.341 e. The maximum Gasteiger partial charge on any atom is 0.260 e. The van der Waals surface area contributed by atoms with Crippen LogP contribution in [0, 0.1) is 0 Å². The molecule has 0 aliphatic carbocycles. The lowest BCUT2D eigenvalue weighted by Gasteiger charge is -2.17. The maximum absolute atomic E-state index is 12.0. The normalized spacial score (nSPS) is 10.7. The predicted octanol–water partition coefficient (Wildman–Crippen LogP) is 1.95. The summed E-state index contributed by atoms with van der Waals surface area (Å²) in [6.07, 6.45) is 3.50. The minimum absolute atomic E-state index is 0.118. The van der Waals surface area contributed by atoms with Crippen molar-refractivity contribution < 1.29 is 0 Å². The molecule has 5 nitrogen and oxygen atoms in total. The summed E-state index contributed by atoms with van der Waals surface area (Å²) in [5.74, 6) is 0.561. The van der Waals surface area contributed by atoms with Crippen LogP contribution < -0.4 is 10.5 Å². The van der Waals surface area contributed by atoms with Gasteiger partial charge >= 0.3 is 0 Å². The number of H-pyrrole nitrogens is 1. The van der Waals surface area contributed by atoms with Crippen molar-refractivity contribution in [2.75, 3.05) is 11.9 Å². The average Bonchev–Trinajstić information content (AvgIpc) is 2.48. The molecule has 5 heteroatoms. The van der Waals surface area contributed by atoms with Crippen molar-refractivity contribution in [2.45, 2.75) is 6.54 Å². The number of rotatable bonds is 3. The Bertz CT molecular complexity index is 782. The Morgan fingerprint density at radius 3 is 2.70 bits per heavy atom. The van der Waals surface area contributed by atoms with Crippen LogP contribution in [0.3, 0.4) is 0 Å². The average molecular weight is 266 g/mol. The fourth-order valence-corrected chi connectivity index (χ4v) is 2.09. The zero-order valence-corrected chi connectivity index (χ0v) is 11.1. The summed E-state index contributed by atoms with van der Waals surface area (Å²) >= 11 is 0. The molecule has 0 spiro atoms. The van der Waals surface area contributed by atoms with Gasteiger partial charge in [0, 0.05) is 26.0 Å². The van der Waals surface area contributed by atoms with E-state index in [4.69, 9.17) is 0 Å². The first-order valence-corrected chi connectivity index (χ1v) is 6.33. The summed E-state index contributed by atoms with van der Waals surface area (Å²) in [5.41, 5.74) is 1.69. The second-order valence-corrected chi connectivity index (χ2v) is 4.62. The second-order valence-electron chi connectivity index (χ2n) is 4.62. The van der Waals surface area contributed by atoms with Crippen molar-refractivity contribution in [3.63, 3.8) is 0 Å². The molecule has 1 aromatic carbocycles. The minimum atomic E-state index is -0.118. The molecule has 0 aliphatic heterocycles. The van der Waals surface area contributed by atoms with Gasteiger partial charge in [0.2, 0.25) is 5.95 Å². The molecule has 1 N–H and O–H groups in total. The standard InChI is InChI=1S/C15H14N4O/c1-19(10-11-6-8-16-9-7-11)15-17-13-5-3-2-4-12(13)14(20)18-15/h2-9H,10H2,1H3,(H,17,18,20). The molecule has 0 bridgehead atoms. The molecule has 0 fully saturated rings. The Balaban J connectivity index is 1.96. The molecule has 0 atom stereocenters. The van der Waals surface area contributed by atoms with E-state index in [2.05, 4.69) is 15.0 Å². The van der Waals surface area contributed by atoms with E-state index in [1.165, 1.54) is 0 Å². The highest BCUT2D eigenvalue weighted by atomic mass is 16.1. The highest BCUT2D eigenvalue weighted by Crippen LogP contribution is 2.12. The van der Waals surface area contributed by atoms with E-state index < -0.39 is 0 Å². The number of hydrogen-bond donors (Lipinski definition) is 1. The summed E-state index contributed by atoms with van der Waals surface area (Å²) in [6.45, 7) is 0.657. The molecule has 0 saturated carbocycles. The summed E-state index contributed by atoms with van der Waals surface area (Å²) in [4.78, 5) is 25.2. The molecule has 20 heavy (non-hydrogen) atoms. The highest BCUT2D eigenvalue weighted by Gasteiger charge is 2.07. The van der Waals surface area contributed by atoms with Crippen LogP contribution in [0.4, 0.5) is 5.95 Å². The van der Waals surface area contributed by atoms with Crippen LogP contribution in [-0.2, 0) is 6.54 Å². The SMILES string of the molecule is CN(Cc1ccncc1)c1nc2ccccc2c(=O)[nH]1. The molecular formula is C15H14N4O. The molecule has 2 heterocycles. The van der Waals surface area contributed by atoms with Gasteiger partial charge in [-0.25, -0.2) is 4.98 Å².